The molecule has 1 aliphatic heterocycles. The van der Waals surface area contributed by atoms with Crippen LogP contribution in [0.25, 0.3) is 0 Å². The van der Waals surface area contributed by atoms with E-state index in [0.717, 1.165) is 37.6 Å². The maximum absolute atomic E-state index is 11.2. The van der Waals surface area contributed by atoms with Crippen molar-refractivity contribution in [2.24, 2.45) is 4.99 Å². The van der Waals surface area contributed by atoms with Crippen LogP contribution in [0.3, 0.4) is 0 Å². The van der Waals surface area contributed by atoms with Crippen LogP contribution in [0.5, 0.6) is 5.75 Å². The molecule has 1 saturated heterocycles. The van der Waals surface area contributed by atoms with Gasteiger partial charge in [0.25, 0.3) is 0 Å². The summed E-state index contributed by atoms with van der Waals surface area (Å²) in [5.74, 6) is 1.77. The second-order valence-electron chi connectivity index (χ2n) is 5.72. The fourth-order valence-corrected chi connectivity index (χ4v) is 3.03. The number of aliphatic imine (C=N–C) groups is 1. The summed E-state index contributed by atoms with van der Waals surface area (Å²) in [5, 5.41) is 3.12. The normalized spacial score (nSPS) is 17.1. The summed E-state index contributed by atoms with van der Waals surface area (Å²) in [6.45, 7) is 2.07. The SMILES string of the molecule is CN=C(NCCS(C)(=O)=O)N1CCC(Oc2ccccc2)CC1. The average Bonchev–Trinajstić information content (AvgIpc) is 2.53. The monoisotopic (exact) mass is 339 g/mol. The molecule has 0 spiro atoms. The third-order valence-corrected chi connectivity index (χ3v) is 4.70. The lowest BCUT2D eigenvalue weighted by Crippen LogP contribution is -2.48. The van der Waals surface area contributed by atoms with Gasteiger partial charge in [0.2, 0.25) is 0 Å². The van der Waals surface area contributed by atoms with Gasteiger partial charge in [-0.1, -0.05) is 18.2 Å². The molecule has 1 aromatic rings. The first-order valence-electron chi connectivity index (χ1n) is 7.83. The summed E-state index contributed by atoms with van der Waals surface area (Å²) < 4.78 is 28.3. The number of benzene rings is 1. The lowest BCUT2D eigenvalue weighted by atomic mass is 10.1. The molecule has 6 nitrogen and oxygen atoms in total. The first-order chi connectivity index (χ1) is 11.0. The number of para-hydroxylation sites is 1. The van der Waals surface area contributed by atoms with Crippen LogP contribution in [0.2, 0.25) is 0 Å². The fraction of sp³-hybridized carbons (Fsp3) is 0.562. The Morgan fingerprint density at radius 1 is 1.30 bits per heavy atom. The van der Waals surface area contributed by atoms with Crippen LogP contribution in [0, 0.1) is 0 Å². The molecule has 0 aliphatic carbocycles. The maximum atomic E-state index is 11.2. The zero-order valence-electron chi connectivity index (χ0n) is 13.7. The third-order valence-electron chi connectivity index (χ3n) is 3.76. The van der Waals surface area contributed by atoms with E-state index in [1.807, 2.05) is 30.3 Å². The molecule has 1 N–H and O–H groups in total. The molecule has 2 rings (SSSR count). The molecular formula is C16H25N3O3S. The molecule has 0 saturated carbocycles. The summed E-state index contributed by atoms with van der Waals surface area (Å²) in [7, 11) is -1.24. The molecule has 0 bridgehead atoms. The smallest absolute Gasteiger partial charge is 0.193 e. The minimum Gasteiger partial charge on any atom is -0.490 e. The molecule has 128 valence electrons. The third kappa shape index (κ3) is 6.09. The van der Waals surface area contributed by atoms with Gasteiger partial charge in [0.15, 0.2) is 5.96 Å². The van der Waals surface area contributed by atoms with E-state index in [0.29, 0.717) is 6.54 Å². The highest BCUT2D eigenvalue weighted by molar-refractivity contribution is 7.90. The molecule has 0 amide bonds. The van der Waals surface area contributed by atoms with E-state index in [9.17, 15) is 8.42 Å². The van der Waals surface area contributed by atoms with E-state index >= 15 is 0 Å². The minimum atomic E-state index is -2.96. The Kier molecular flexibility index (Phi) is 6.27. The lowest BCUT2D eigenvalue weighted by molar-refractivity contribution is 0.129. The molecule has 1 aromatic carbocycles. The minimum absolute atomic E-state index is 0.111. The fourth-order valence-electron chi connectivity index (χ4n) is 2.56. The zero-order chi connectivity index (χ0) is 16.7. The number of hydrogen-bond donors (Lipinski definition) is 1. The first-order valence-corrected chi connectivity index (χ1v) is 9.89. The predicted molar refractivity (Wildman–Crippen MR) is 92.7 cm³/mol. The molecule has 1 fully saturated rings. The van der Waals surface area contributed by atoms with Crippen molar-refractivity contribution in [1.82, 2.24) is 10.2 Å². The zero-order valence-corrected chi connectivity index (χ0v) is 14.6. The van der Waals surface area contributed by atoms with Gasteiger partial charge in [-0.3, -0.25) is 4.99 Å². The van der Waals surface area contributed by atoms with Crippen LogP contribution in [0.15, 0.2) is 35.3 Å². The lowest BCUT2D eigenvalue weighted by Gasteiger charge is -2.34. The maximum Gasteiger partial charge on any atom is 0.193 e. The number of ether oxygens (including phenoxy) is 1. The molecule has 23 heavy (non-hydrogen) atoms. The van der Waals surface area contributed by atoms with E-state index in [1.54, 1.807) is 7.05 Å². The highest BCUT2D eigenvalue weighted by Gasteiger charge is 2.22. The Labute approximate surface area is 138 Å². The van der Waals surface area contributed by atoms with Gasteiger partial charge in [0, 0.05) is 45.8 Å². The molecule has 1 aliphatic rings. The van der Waals surface area contributed by atoms with E-state index in [1.165, 1.54) is 6.26 Å². The van der Waals surface area contributed by atoms with Crippen LogP contribution >= 0.6 is 0 Å². The van der Waals surface area contributed by atoms with Crippen LogP contribution in [0.1, 0.15) is 12.8 Å². The van der Waals surface area contributed by atoms with Gasteiger partial charge in [0.05, 0.1) is 5.75 Å². The Balaban J connectivity index is 1.78. The summed E-state index contributed by atoms with van der Waals surface area (Å²) in [6, 6.07) is 9.85. The van der Waals surface area contributed by atoms with Crippen molar-refractivity contribution in [3.05, 3.63) is 30.3 Å². The largest absolute Gasteiger partial charge is 0.490 e. The van der Waals surface area contributed by atoms with Crippen LogP contribution in [-0.4, -0.2) is 64.1 Å². The van der Waals surface area contributed by atoms with Gasteiger partial charge in [-0.25, -0.2) is 8.42 Å². The van der Waals surface area contributed by atoms with Crippen LogP contribution in [-0.2, 0) is 9.84 Å². The number of guanidine groups is 1. The van der Waals surface area contributed by atoms with Crippen molar-refractivity contribution < 1.29 is 13.2 Å². The summed E-state index contributed by atoms with van der Waals surface area (Å²) in [5.41, 5.74) is 0. The molecule has 0 unspecified atom stereocenters. The average molecular weight is 339 g/mol. The van der Waals surface area contributed by atoms with Crippen molar-refractivity contribution in [2.75, 3.05) is 38.7 Å². The van der Waals surface area contributed by atoms with Crippen molar-refractivity contribution in [1.29, 1.82) is 0 Å². The van der Waals surface area contributed by atoms with Crippen molar-refractivity contribution in [3.8, 4) is 5.75 Å². The Bertz CT molecular complexity index is 609. The molecule has 7 heteroatoms. The number of piperidine rings is 1. The topological polar surface area (TPSA) is 71.0 Å². The summed E-state index contributed by atoms with van der Waals surface area (Å²) >= 11 is 0. The quantitative estimate of drug-likeness (QED) is 0.644. The highest BCUT2D eigenvalue weighted by Crippen LogP contribution is 2.18. The van der Waals surface area contributed by atoms with Crippen molar-refractivity contribution >= 4 is 15.8 Å². The molecule has 1 heterocycles. The number of nitrogens with one attached hydrogen (secondary N) is 1. The van der Waals surface area contributed by atoms with Gasteiger partial charge in [-0.05, 0) is 12.1 Å². The van der Waals surface area contributed by atoms with Crippen LogP contribution in [0.4, 0.5) is 0 Å². The second kappa shape index (κ2) is 8.19. The summed E-state index contributed by atoms with van der Waals surface area (Å²) in [6.07, 6.45) is 3.29. The van der Waals surface area contributed by atoms with Gasteiger partial charge >= 0.3 is 0 Å². The van der Waals surface area contributed by atoms with Gasteiger partial charge in [-0.15, -0.1) is 0 Å². The number of likely N-dealkylation sites (tertiary alicyclic amines) is 1. The van der Waals surface area contributed by atoms with Gasteiger partial charge in [0.1, 0.15) is 21.7 Å². The number of nitrogens with zero attached hydrogens (tertiary/aromatic N) is 2. The Morgan fingerprint density at radius 3 is 2.52 bits per heavy atom. The van der Waals surface area contributed by atoms with E-state index in [2.05, 4.69) is 15.2 Å². The number of sulfone groups is 1. The molecular weight excluding hydrogens is 314 g/mol. The van der Waals surface area contributed by atoms with Gasteiger partial charge in [-0.2, -0.15) is 0 Å². The molecule has 0 aromatic heterocycles. The number of rotatable bonds is 5. The second-order valence-corrected chi connectivity index (χ2v) is 7.98. The van der Waals surface area contributed by atoms with Crippen molar-refractivity contribution in [3.63, 3.8) is 0 Å². The van der Waals surface area contributed by atoms with Crippen LogP contribution < -0.4 is 10.1 Å². The highest BCUT2D eigenvalue weighted by atomic mass is 32.2. The Hall–Kier alpha value is -1.76. The predicted octanol–water partition coefficient (Wildman–Crippen LogP) is 1.15. The first kappa shape index (κ1) is 17.6. The van der Waals surface area contributed by atoms with Gasteiger partial charge < -0.3 is 15.0 Å². The van der Waals surface area contributed by atoms with E-state index in [4.69, 9.17) is 4.74 Å². The van der Waals surface area contributed by atoms with Crippen molar-refractivity contribution in [2.45, 2.75) is 18.9 Å². The molecule has 0 atom stereocenters. The standard InChI is InChI=1S/C16H25N3O3S/c1-17-16(18-10-13-23(2,20)21)19-11-8-15(9-12-19)22-14-6-4-3-5-7-14/h3-7,15H,8-13H2,1-2H3,(H,17,18). The Morgan fingerprint density at radius 2 is 1.96 bits per heavy atom. The summed E-state index contributed by atoms with van der Waals surface area (Å²) in [4.78, 5) is 6.38. The number of hydrogen-bond acceptors (Lipinski definition) is 4. The van der Waals surface area contributed by atoms with E-state index < -0.39 is 9.84 Å². The molecule has 0 radical (unpaired) electrons. The van der Waals surface area contributed by atoms with E-state index in [-0.39, 0.29) is 11.9 Å².